The van der Waals surface area contributed by atoms with Gasteiger partial charge in [-0.2, -0.15) is 13.2 Å². The summed E-state index contributed by atoms with van der Waals surface area (Å²) >= 11 is 0. The Morgan fingerprint density at radius 3 is 2.35 bits per heavy atom. The van der Waals surface area contributed by atoms with Crippen LogP contribution < -0.4 is 11.1 Å². The molecular weight excluding hydrogens is 235 g/mol. The number of nitrogens with zero attached hydrogens (tertiary/aromatic N) is 1. The molecule has 0 saturated heterocycles. The van der Waals surface area contributed by atoms with E-state index in [4.69, 9.17) is 10.9 Å². The van der Waals surface area contributed by atoms with Gasteiger partial charge in [0.05, 0.1) is 0 Å². The Labute approximate surface area is 98.0 Å². The van der Waals surface area contributed by atoms with Gasteiger partial charge < -0.3 is 16.3 Å². The van der Waals surface area contributed by atoms with E-state index < -0.39 is 17.9 Å². The molecule has 0 aromatic heterocycles. The van der Waals surface area contributed by atoms with Gasteiger partial charge in [0.25, 0.3) is 0 Å². The topological polar surface area (TPSA) is 70.6 Å². The van der Waals surface area contributed by atoms with Crippen LogP contribution in [0.1, 0.15) is 26.7 Å². The molecule has 0 aliphatic heterocycles. The SMILES string of the molecule is CC(C)(NCC(C(N)=NO)C(F)(F)F)C1CC1. The molecule has 4 N–H and O–H groups in total. The Kier molecular flexibility index (Phi) is 3.91. The van der Waals surface area contributed by atoms with E-state index in [1.165, 1.54) is 0 Å². The van der Waals surface area contributed by atoms with Gasteiger partial charge in [-0.15, -0.1) is 0 Å². The number of hydrogen-bond donors (Lipinski definition) is 3. The Morgan fingerprint density at radius 2 is 2.00 bits per heavy atom. The van der Waals surface area contributed by atoms with Gasteiger partial charge in [-0.05, 0) is 32.6 Å². The number of halogens is 3. The molecule has 7 heteroatoms. The maximum atomic E-state index is 12.6. The van der Waals surface area contributed by atoms with Crippen molar-refractivity contribution in [2.24, 2.45) is 22.7 Å². The van der Waals surface area contributed by atoms with Gasteiger partial charge >= 0.3 is 6.18 Å². The minimum Gasteiger partial charge on any atom is -0.409 e. The maximum Gasteiger partial charge on any atom is 0.400 e. The summed E-state index contributed by atoms with van der Waals surface area (Å²) in [5.41, 5.74) is 4.72. The second-order valence-corrected chi connectivity index (χ2v) is 5.00. The zero-order valence-corrected chi connectivity index (χ0v) is 9.88. The molecule has 0 aromatic carbocycles. The lowest BCUT2D eigenvalue weighted by Gasteiger charge is -2.29. The smallest absolute Gasteiger partial charge is 0.400 e. The molecular formula is C10H18F3N3O. The quantitative estimate of drug-likeness (QED) is 0.302. The van der Waals surface area contributed by atoms with E-state index in [-0.39, 0.29) is 12.1 Å². The Hall–Kier alpha value is -0.980. The molecule has 1 unspecified atom stereocenters. The Morgan fingerprint density at radius 1 is 1.47 bits per heavy atom. The molecule has 17 heavy (non-hydrogen) atoms. The minimum absolute atomic E-state index is 0.348. The number of alkyl halides is 3. The number of nitrogens with one attached hydrogen (secondary N) is 1. The van der Waals surface area contributed by atoms with Crippen LogP contribution in [0.25, 0.3) is 0 Å². The maximum absolute atomic E-state index is 12.6. The fraction of sp³-hybridized carbons (Fsp3) is 0.900. The van der Waals surface area contributed by atoms with Crippen molar-refractivity contribution in [2.75, 3.05) is 6.54 Å². The molecule has 1 saturated carbocycles. The van der Waals surface area contributed by atoms with Crippen molar-refractivity contribution in [3.63, 3.8) is 0 Å². The molecule has 1 aliphatic rings. The van der Waals surface area contributed by atoms with E-state index in [9.17, 15) is 13.2 Å². The van der Waals surface area contributed by atoms with Crippen LogP contribution in [0.5, 0.6) is 0 Å². The fourth-order valence-electron chi connectivity index (χ4n) is 1.77. The average Bonchev–Trinajstić information content (AvgIpc) is 2.98. The third kappa shape index (κ3) is 3.76. The fourth-order valence-corrected chi connectivity index (χ4v) is 1.77. The monoisotopic (exact) mass is 253 g/mol. The minimum atomic E-state index is -4.51. The van der Waals surface area contributed by atoms with Crippen molar-refractivity contribution in [2.45, 2.75) is 38.4 Å². The number of nitrogens with two attached hydrogens (primary N) is 1. The normalized spacial score (nSPS) is 20.4. The highest BCUT2D eigenvalue weighted by molar-refractivity contribution is 5.83. The predicted molar refractivity (Wildman–Crippen MR) is 57.8 cm³/mol. The summed E-state index contributed by atoms with van der Waals surface area (Å²) in [4.78, 5) is 0. The van der Waals surface area contributed by atoms with Crippen molar-refractivity contribution < 1.29 is 18.4 Å². The first kappa shape index (κ1) is 14.1. The molecule has 0 heterocycles. The van der Waals surface area contributed by atoms with Crippen molar-refractivity contribution in [1.29, 1.82) is 0 Å². The van der Waals surface area contributed by atoms with E-state index in [2.05, 4.69) is 10.5 Å². The second kappa shape index (κ2) is 4.72. The van der Waals surface area contributed by atoms with E-state index >= 15 is 0 Å². The zero-order valence-electron chi connectivity index (χ0n) is 9.88. The standard InChI is InChI=1S/C10H18F3N3O/c1-9(2,6-3-4-6)15-5-7(8(14)16-17)10(11,12)13/h6-7,15,17H,3-5H2,1-2H3,(H2,14,16). The third-order valence-corrected chi connectivity index (χ3v) is 3.23. The van der Waals surface area contributed by atoms with Crippen molar-refractivity contribution >= 4 is 5.84 Å². The van der Waals surface area contributed by atoms with Crippen LogP contribution in [-0.2, 0) is 0 Å². The molecule has 1 atom stereocenters. The highest BCUT2D eigenvalue weighted by atomic mass is 19.4. The van der Waals surface area contributed by atoms with Crippen molar-refractivity contribution in [3.8, 4) is 0 Å². The molecule has 0 amide bonds. The van der Waals surface area contributed by atoms with Crippen LogP contribution in [0.4, 0.5) is 13.2 Å². The van der Waals surface area contributed by atoms with E-state index in [0.29, 0.717) is 5.92 Å². The Bertz CT molecular complexity index is 298. The van der Waals surface area contributed by atoms with Gasteiger partial charge in [-0.25, -0.2) is 0 Å². The first-order valence-electron chi connectivity index (χ1n) is 5.47. The Balaban J connectivity index is 2.61. The third-order valence-electron chi connectivity index (χ3n) is 3.23. The molecule has 0 bridgehead atoms. The van der Waals surface area contributed by atoms with Crippen LogP contribution in [-0.4, -0.2) is 29.3 Å². The summed E-state index contributed by atoms with van der Waals surface area (Å²) in [6.07, 6.45) is -2.45. The van der Waals surface area contributed by atoms with Crippen LogP contribution in [0.2, 0.25) is 0 Å². The molecule has 0 radical (unpaired) electrons. The van der Waals surface area contributed by atoms with Gasteiger partial charge in [-0.1, -0.05) is 5.16 Å². The average molecular weight is 253 g/mol. The van der Waals surface area contributed by atoms with Crippen LogP contribution in [0.3, 0.4) is 0 Å². The van der Waals surface area contributed by atoms with Gasteiger partial charge in [0, 0.05) is 12.1 Å². The van der Waals surface area contributed by atoms with Gasteiger partial charge in [0.1, 0.15) is 5.92 Å². The summed E-state index contributed by atoms with van der Waals surface area (Å²) in [7, 11) is 0. The number of amidine groups is 1. The molecule has 100 valence electrons. The van der Waals surface area contributed by atoms with Crippen molar-refractivity contribution in [1.82, 2.24) is 5.32 Å². The van der Waals surface area contributed by atoms with Gasteiger partial charge in [0.2, 0.25) is 0 Å². The molecule has 1 rings (SSSR count). The molecule has 0 aromatic rings. The summed E-state index contributed by atoms with van der Waals surface area (Å²) < 4.78 is 37.9. The molecule has 0 spiro atoms. The highest BCUT2D eigenvalue weighted by Crippen LogP contribution is 2.39. The van der Waals surface area contributed by atoms with E-state index in [0.717, 1.165) is 12.8 Å². The molecule has 1 fully saturated rings. The molecule has 1 aliphatic carbocycles. The van der Waals surface area contributed by atoms with Gasteiger partial charge in [-0.3, -0.25) is 0 Å². The summed E-state index contributed by atoms with van der Waals surface area (Å²) in [5.74, 6) is -2.36. The van der Waals surface area contributed by atoms with Crippen molar-refractivity contribution in [3.05, 3.63) is 0 Å². The lowest BCUT2D eigenvalue weighted by molar-refractivity contribution is -0.155. The lowest BCUT2D eigenvalue weighted by Crippen LogP contribution is -2.50. The first-order valence-corrected chi connectivity index (χ1v) is 5.47. The number of rotatable bonds is 5. The van der Waals surface area contributed by atoms with Crippen LogP contribution in [0, 0.1) is 11.8 Å². The van der Waals surface area contributed by atoms with E-state index in [1.54, 1.807) is 0 Å². The lowest BCUT2D eigenvalue weighted by atomic mass is 9.97. The first-order chi connectivity index (χ1) is 7.68. The second-order valence-electron chi connectivity index (χ2n) is 5.00. The zero-order chi connectivity index (χ0) is 13.3. The predicted octanol–water partition coefficient (Wildman–Crippen LogP) is 1.69. The van der Waals surface area contributed by atoms with Crippen LogP contribution >= 0.6 is 0 Å². The van der Waals surface area contributed by atoms with Gasteiger partial charge in [0.15, 0.2) is 5.84 Å². The summed E-state index contributed by atoms with van der Waals surface area (Å²) in [6.45, 7) is 3.36. The van der Waals surface area contributed by atoms with E-state index in [1.807, 2.05) is 13.8 Å². The largest absolute Gasteiger partial charge is 0.409 e. The number of hydrogen-bond acceptors (Lipinski definition) is 3. The highest BCUT2D eigenvalue weighted by Gasteiger charge is 2.45. The molecule has 4 nitrogen and oxygen atoms in total. The van der Waals surface area contributed by atoms with Crippen LogP contribution in [0.15, 0.2) is 5.16 Å². The number of oxime groups is 1. The summed E-state index contributed by atoms with van der Waals surface area (Å²) in [5, 5.41) is 13.7. The summed E-state index contributed by atoms with van der Waals surface area (Å²) in [6, 6.07) is 0.